The molecule has 1 amide bonds. The van der Waals surface area contributed by atoms with E-state index >= 15 is 0 Å². The molecule has 2 aromatic carbocycles. The van der Waals surface area contributed by atoms with Gasteiger partial charge < -0.3 is 14.2 Å². The van der Waals surface area contributed by atoms with E-state index in [1.807, 2.05) is 6.92 Å². The number of amides is 1. The van der Waals surface area contributed by atoms with Crippen molar-refractivity contribution in [3.63, 3.8) is 0 Å². The van der Waals surface area contributed by atoms with Crippen LogP contribution in [-0.4, -0.2) is 54.0 Å². The van der Waals surface area contributed by atoms with Gasteiger partial charge >= 0.3 is 11.9 Å². The smallest absolute Gasteiger partial charge is 0.346 e. The Balaban J connectivity index is 1.96. The first kappa shape index (κ1) is 30.3. The molecule has 10 nitrogen and oxygen atoms in total. The number of methoxy groups -OCH3 is 2. The van der Waals surface area contributed by atoms with Gasteiger partial charge in [-0.1, -0.05) is 41.8 Å². The number of thiocarbonyl (C=S) groups is 1. The minimum atomic E-state index is -1.10. The Hall–Kier alpha value is -3.68. The molecule has 0 N–H and O–H groups in total. The molecule has 2 aliphatic heterocycles. The van der Waals surface area contributed by atoms with Crippen LogP contribution in [0.5, 0.6) is 5.75 Å². The van der Waals surface area contributed by atoms with Crippen molar-refractivity contribution in [2.24, 2.45) is 0 Å². The van der Waals surface area contributed by atoms with E-state index in [9.17, 15) is 24.5 Å². The number of esters is 2. The van der Waals surface area contributed by atoms with Crippen molar-refractivity contribution in [2.45, 2.75) is 33.2 Å². The Labute approximate surface area is 250 Å². The Kier molecular flexibility index (Phi) is 8.62. The van der Waals surface area contributed by atoms with E-state index in [0.717, 1.165) is 23.5 Å². The number of fused-ring (bicyclic) bond motifs is 1. The van der Waals surface area contributed by atoms with Gasteiger partial charge in [-0.25, -0.2) is 9.59 Å². The molecule has 0 saturated heterocycles. The normalized spacial score (nSPS) is 16.0. The van der Waals surface area contributed by atoms with Crippen LogP contribution in [0.4, 0.5) is 11.4 Å². The summed E-state index contributed by atoms with van der Waals surface area (Å²) in [6.45, 7) is 7.32. The predicted octanol–water partition coefficient (Wildman–Crippen LogP) is 5.82. The maximum atomic E-state index is 14.2. The Morgan fingerprint density at radius 1 is 1.05 bits per heavy atom. The van der Waals surface area contributed by atoms with E-state index < -0.39 is 28.3 Å². The van der Waals surface area contributed by atoms with Crippen molar-refractivity contribution >= 4 is 75.4 Å². The summed E-state index contributed by atoms with van der Waals surface area (Å²) in [5.41, 5.74) is 0.706. The van der Waals surface area contributed by atoms with E-state index in [4.69, 9.17) is 26.4 Å². The fourth-order valence-corrected chi connectivity index (χ4v) is 7.63. The highest BCUT2D eigenvalue weighted by Gasteiger charge is 2.47. The molecule has 4 rings (SSSR count). The third kappa shape index (κ3) is 5.24. The molecule has 2 aromatic rings. The Morgan fingerprint density at radius 2 is 1.66 bits per heavy atom. The van der Waals surface area contributed by atoms with Crippen LogP contribution in [0.15, 0.2) is 50.4 Å². The zero-order valence-electron chi connectivity index (χ0n) is 23.1. The molecule has 2 aliphatic rings. The molecule has 0 aliphatic carbocycles. The van der Waals surface area contributed by atoms with E-state index in [-0.39, 0.29) is 26.6 Å². The van der Waals surface area contributed by atoms with E-state index in [2.05, 4.69) is 0 Å². The van der Waals surface area contributed by atoms with Crippen LogP contribution in [0.3, 0.4) is 0 Å². The maximum Gasteiger partial charge on any atom is 0.346 e. The van der Waals surface area contributed by atoms with Crippen LogP contribution in [0.1, 0.15) is 42.3 Å². The lowest BCUT2D eigenvalue weighted by Crippen LogP contribution is -2.56. The van der Waals surface area contributed by atoms with Crippen LogP contribution >= 0.6 is 35.7 Å². The molecular weight excluding hydrogens is 589 g/mol. The van der Waals surface area contributed by atoms with Crippen molar-refractivity contribution in [3.05, 3.63) is 77.3 Å². The summed E-state index contributed by atoms with van der Waals surface area (Å²) in [6.07, 6.45) is 0. The number of rotatable bonds is 6. The molecule has 0 aromatic heterocycles. The molecule has 0 bridgehead atoms. The standard InChI is InChI=1S/C28H26N2O8S3/c1-7-38-15-11-12-19-17(13-15)20(27-40-21(25(32)36-5)22(41-27)26(33)37-6)23(39)28(3,4)29(19)24(31)16-9-8-10-18(14(16)2)30(34)35/h8-13H,7H2,1-6H3. The Morgan fingerprint density at radius 3 is 2.20 bits per heavy atom. The lowest BCUT2D eigenvalue weighted by molar-refractivity contribution is -0.385. The number of carbonyl (C=O) groups excluding carboxylic acids is 3. The van der Waals surface area contributed by atoms with Gasteiger partial charge in [-0.15, -0.1) is 0 Å². The molecule has 0 spiro atoms. The minimum Gasteiger partial charge on any atom is -0.494 e. The van der Waals surface area contributed by atoms with Gasteiger partial charge in [-0.3, -0.25) is 19.8 Å². The van der Waals surface area contributed by atoms with Gasteiger partial charge in [0.05, 0.1) is 46.1 Å². The summed E-state index contributed by atoms with van der Waals surface area (Å²) in [5.74, 6) is -1.34. The monoisotopic (exact) mass is 614 g/mol. The number of nitro benzene ring substituents is 1. The number of hydrogen-bond acceptors (Lipinski definition) is 11. The maximum absolute atomic E-state index is 14.2. The molecule has 0 saturated carbocycles. The van der Waals surface area contributed by atoms with Crippen molar-refractivity contribution in [1.82, 2.24) is 0 Å². The summed E-state index contributed by atoms with van der Waals surface area (Å²) in [4.78, 5) is 52.4. The van der Waals surface area contributed by atoms with Crippen molar-refractivity contribution in [3.8, 4) is 5.75 Å². The first-order chi connectivity index (χ1) is 19.4. The van der Waals surface area contributed by atoms with Crippen LogP contribution in [0, 0.1) is 17.0 Å². The van der Waals surface area contributed by atoms with Gasteiger partial charge in [0.1, 0.15) is 15.6 Å². The number of ether oxygens (including phenoxy) is 3. The molecule has 0 fully saturated rings. The minimum absolute atomic E-state index is 0.0701. The highest BCUT2D eigenvalue weighted by Crippen LogP contribution is 2.56. The summed E-state index contributed by atoms with van der Waals surface area (Å²) in [7, 11) is 2.44. The van der Waals surface area contributed by atoms with Crippen molar-refractivity contribution in [2.75, 3.05) is 25.7 Å². The van der Waals surface area contributed by atoms with E-state index in [1.165, 1.54) is 38.2 Å². The molecule has 214 valence electrons. The summed E-state index contributed by atoms with van der Waals surface area (Å²) >= 11 is 8.10. The number of hydrogen-bond donors (Lipinski definition) is 0. The second kappa shape index (κ2) is 11.7. The van der Waals surface area contributed by atoms with Gasteiger partial charge in [0.15, 0.2) is 0 Å². The predicted molar refractivity (Wildman–Crippen MR) is 162 cm³/mol. The second-order valence-corrected chi connectivity index (χ2v) is 12.1. The van der Waals surface area contributed by atoms with Gasteiger partial charge in [0, 0.05) is 28.3 Å². The van der Waals surface area contributed by atoms with Crippen molar-refractivity contribution < 1.29 is 33.5 Å². The first-order valence-corrected chi connectivity index (χ1v) is 14.3. The third-order valence-corrected chi connectivity index (χ3v) is 9.87. The molecule has 13 heteroatoms. The fourth-order valence-electron chi connectivity index (χ4n) is 4.59. The van der Waals surface area contributed by atoms with Crippen LogP contribution in [0.2, 0.25) is 0 Å². The average molecular weight is 615 g/mol. The molecular formula is C28H26N2O8S3. The summed E-state index contributed by atoms with van der Waals surface area (Å²) in [6, 6.07) is 9.57. The van der Waals surface area contributed by atoms with Gasteiger partial charge in [-0.2, -0.15) is 0 Å². The number of anilines is 1. The largest absolute Gasteiger partial charge is 0.494 e. The van der Waals surface area contributed by atoms with Crippen LogP contribution in [0.25, 0.3) is 5.57 Å². The van der Waals surface area contributed by atoms with Crippen LogP contribution in [-0.2, 0) is 19.1 Å². The van der Waals surface area contributed by atoms with Gasteiger partial charge in [-0.05, 0) is 52.0 Å². The fraction of sp³-hybridized carbons (Fsp3) is 0.286. The highest BCUT2D eigenvalue weighted by molar-refractivity contribution is 8.29. The summed E-state index contributed by atoms with van der Waals surface area (Å²) in [5, 5.41) is 11.6. The second-order valence-electron chi connectivity index (χ2n) is 9.36. The quantitative estimate of drug-likeness (QED) is 0.129. The van der Waals surface area contributed by atoms with E-state index in [1.54, 1.807) is 38.1 Å². The summed E-state index contributed by atoms with van der Waals surface area (Å²) < 4.78 is 16.1. The van der Waals surface area contributed by atoms with Gasteiger partial charge in [0.2, 0.25) is 0 Å². The topological polar surface area (TPSA) is 125 Å². The number of nitro groups is 1. The van der Waals surface area contributed by atoms with Crippen molar-refractivity contribution in [1.29, 1.82) is 0 Å². The molecule has 2 heterocycles. The lowest BCUT2D eigenvalue weighted by Gasteiger charge is -2.45. The third-order valence-electron chi connectivity index (χ3n) is 6.61. The lowest BCUT2D eigenvalue weighted by atomic mass is 9.82. The molecule has 0 unspecified atom stereocenters. The molecule has 0 radical (unpaired) electrons. The van der Waals surface area contributed by atoms with E-state index in [0.29, 0.717) is 38.3 Å². The zero-order valence-corrected chi connectivity index (χ0v) is 25.5. The molecule has 0 atom stereocenters. The Bertz CT molecular complexity index is 1550. The number of benzene rings is 2. The van der Waals surface area contributed by atoms with Gasteiger partial charge in [0.25, 0.3) is 11.6 Å². The zero-order chi connectivity index (χ0) is 30.2. The number of carbonyl (C=O) groups is 3. The number of nitrogens with zero attached hydrogens (tertiary/aromatic N) is 2. The molecule has 41 heavy (non-hydrogen) atoms. The first-order valence-electron chi connectivity index (χ1n) is 12.3. The van der Waals surface area contributed by atoms with Crippen LogP contribution < -0.4 is 9.64 Å². The SMILES string of the molecule is CCOc1ccc2c(c1)C(=C1SC(C(=O)OC)=C(C(=O)OC)S1)C(=S)C(C)(C)N2C(=O)c1cccc([N+](=O)[O-])c1C. The number of thioether (sulfide) groups is 2. The highest BCUT2D eigenvalue weighted by atomic mass is 32.2. The average Bonchev–Trinajstić information content (AvgIpc) is 3.38.